The molecular formula is C14H22N2. The van der Waals surface area contributed by atoms with Crippen LogP contribution < -0.4 is 10.2 Å². The molecule has 2 nitrogen and oxygen atoms in total. The first-order valence-electron chi connectivity index (χ1n) is 6.25. The average molecular weight is 218 g/mol. The molecule has 0 aromatic heterocycles. The molecule has 1 aromatic carbocycles. The molecule has 1 N–H and O–H groups in total. The van der Waals surface area contributed by atoms with E-state index in [1.165, 1.54) is 29.7 Å². The number of nitrogens with zero attached hydrogens (tertiary/aromatic N) is 1. The van der Waals surface area contributed by atoms with Gasteiger partial charge in [0.05, 0.1) is 0 Å². The van der Waals surface area contributed by atoms with Crippen molar-refractivity contribution < 1.29 is 0 Å². The molecular weight excluding hydrogens is 196 g/mol. The van der Waals surface area contributed by atoms with E-state index in [4.69, 9.17) is 0 Å². The summed E-state index contributed by atoms with van der Waals surface area (Å²) in [6.07, 6.45) is 2.70. The van der Waals surface area contributed by atoms with Gasteiger partial charge in [-0.05, 0) is 37.9 Å². The summed E-state index contributed by atoms with van der Waals surface area (Å²) in [6.45, 7) is 6.32. The summed E-state index contributed by atoms with van der Waals surface area (Å²) >= 11 is 0. The molecule has 0 unspecified atom stereocenters. The van der Waals surface area contributed by atoms with Gasteiger partial charge in [0.25, 0.3) is 0 Å². The van der Waals surface area contributed by atoms with Gasteiger partial charge in [0.1, 0.15) is 0 Å². The molecule has 2 rings (SSSR count). The first-order chi connectivity index (χ1) is 7.72. The Kier molecular flexibility index (Phi) is 3.49. The molecule has 1 fully saturated rings. The van der Waals surface area contributed by atoms with Crippen molar-refractivity contribution in [3.63, 3.8) is 0 Å². The highest BCUT2D eigenvalue weighted by Gasteiger charge is 2.27. The topological polar surface area (TPSA) is 15.3 Å². The molecule has 0 amide bonds. The second kappa shape index (κ2) is 4.88. The zero-order valence-corrected chi connectivity index (χ0v) is 10.6. The predicted octanol–water partition coefficient (Wildman–Crippen LogP) is 2.70. The molecule has 0 radical (unpaired) electrons. The van der Waals surface area contributed by atoms with Crippen LogP contribution in [0.1, 0.15) is 30.9 Å². The Bertz CT molecular complexity index is 356. The van der Waals surface area contributed by atoms with Crippen molar-refractivity contribution in [1.82, 2.24) is 5.32 Å². The molecule has 0 aliphatic heterocycles. The number of aryl methyl sites for hydroxylation is 1. The summed E-state index contributed by atoms with van der Waals surface area (Å²) in [5.41, 5.74) is 4.17. The van der Waals surface area contributed by atoms with E-state index in [0.29, 0.717) is 0 Å². The van der Waals surface area contributed by atoms with Crippen molar-refractivity contribution >= 4 is 5.69 Å². The molecule has 88 valence electrons. The zero-order chi connectivity index (χ0) is 11.5. The van der Waals surface area contributed by atoms with Gasteiger partial charge in [-0.2, -0.15) is 0 Å². The Morgan fingerprint density at radius 2 is 2.12 bits per heavy atom. The van der Waals surface area contributed by atoms with E-state index in [-0.39, 0.29) is 0 Å². The number of nitrogens with one attached hydrogen (secondary N) is 1. The van der Waals surface area contributed by atoms with E-state index in [1.807, 2.05) is 0 Å². The van der Waals surface area contributed by atoms with Crippen LogP contribution in [-0.2, 0) is 6.54 Å². The van der Waals surface area contributed by atoms with E-state index in [9.17, 15) is 0 Å². The third-order valence-corrected chi connectivity index (χ3v) is 3.28. The maximum absolute atomic E-state index is 3.42. The van der Waals surface area contributed by atoms with Gasteiger partial charge < -0.3 is 10.2 Å². The lowest BCUT2D eigenvalue weighted by molar-refractivity contribution is 0.722. The van der Waals surface area contributed by atoms with Gasteiger partial charge in [0.2, 0.25) is 0 Å². The van der Waals surface area contributed by atoms with Crippen LogP contribution in [0.15, 0.2) is 18.2 Å². The highest BCUT2D eigenvalue weighted by atomic mass is 15.2. The Morgan fingerprint density at radius 3 is 2.75 bits per heavy atom. The Balaban J connectivity index is 2.20. The second-order valence-electron chi connectivity index (χ2n) is 4.75. The van der Waals surface area contributed by atoms with Gasteiger partial charge in [-0.3, -0.25) is 0 Å². The standard InChI is InChI=1S/C14H22N2/c1-4-15-10-12-9-11(2)5-8-14(12)16(3)13-6-7-13/h5,8-9,13,15H,4,6-7,10H2,1-3H3. The lowest BCUT2D eigenvalue weighted by Crippen LogP contribution is -2.23. The quantitative estimate of drug-likeness (QED) is 0.817. The van der Waals surface area contributed by atoms with Crippen LogP contribution >= 0.6 is 0 Å². The maximum atomic E-state index is 3.42. The fourth-order valence-corrected chi connectivity index (χ4v) is 2.12. The Labute approximate surface area is 98.7 Å². The predicted molar refractivity (Wildman–Crippen MR) is 70.0 cm³/mol. The highest BCUT2D eigenvalue weighted by molar-refractivity contribution is 5.56. The first kappa shape index (κ1) is 11.5. The van der Waals surface area contributed by atoms with Gasteiger partial charge >= 0.3 is 0 Å². The van der Waals surface area contributed by atoms with Crippen molar-refractivity contribution in [1.29, 1.82) is 0 Å². The number of hydrogen-bond acceptors (Lipinski definition) is 2. The van der Waals surface area contributed by atoms with Crippen LogP contribution in [0.4, 0.5) is 5.69 Å². The van der Waals surface area contributed by atoms with Crippen LogP contribution in [0.25, 0.3) is 0 Å². The molecule has 1 saturated carbocycles. The molecule has 16 heavy (non-hydrogen) atoms. The van der Waals surface area contributed by atoms with E-state index in [2.05, 4.69) is 49.3 Å². The van der Waals surface area contributed by atoms with Crippen molar-refractivity contribution in [2.24, 2.45) is 0 Å². The third kappa shape index (κ3) is 2.56. The Morgan fingerprint density at radius 1 is 1.38 bits per heavy atom. The van der Waals surface area contributed by atoms with Crippen molar-refractivity contribution in [2.75, 3.05) is 18.5 Å². The van der Waals surface area contributed by atoms with Gasteiger partial charge in [0, 0.05) is 25.3 Å². The molecule has 1 aliphatic carbocycles. The molecule has 0 bridgehead atoms. The van der Waals surface area contributed by atoms with E-state index in [1.54, 1.807) is 0 Å². The van der Waals surface area contributed by atoms with Crippen LogP contribution in [-0.4, -0.2) is 19.6 Å². The molecule has 2 heteroatoms. The summed E-state index contributed by atoms with van der Waals surface area (Å²) in [5, 5.41) is 3.42. The van der Waals surface area contributed by atoms with Gasteiger partial charge in [-0.15, -0.1) is 0 Å². The van der Waals surface area contributed by atoms with Crippen LogP contribution in [0.3, 0.4) is 0 Å². The monoisotopic (exact) mass is 218 g/mol. The van der Waals surface area contributed by atoms with Crippen molar-refractivity contribution in [2.45, 2.75) is 39.3 Å². The molecule has 1 aromatic rings. The molecule has 0 heterocycles. The fraction of sp³-hybridized carbons (Fsp3) is 0.571. The van der Waals surface area contributed by atoms with E-state index >= 15 is 0 Å². The van der Waals surface area contributed by atoms with Crippen molar-refractivity contribution in [3.05, 3.63) is 29.3 Å². The molecule has 0 atom stereocenters. The summed E-state index contributed by atoms with van der Waals surface area (Å²) in [7, 11) is 2.22. The average Bonchev–Trinajstić information content (AvgIpc) is 3.09. The first-order valence-corrected chi connectivity index (χ1v) is 6.25. The van der Waals surface area contributed by atoms with E-state index in [0.717, 1.165) is 19.1 Å². The summed E-state index contributed by atoms with van der Waals surface area (Å²) in [6, 6.07) is 7.56. The number of anilines is 1. The highest BCUT2D eigenvalue weighted by Crippen LogP contribution is 2.32. The number of benzene rings is 1. The van der Waals surface area contributed by atoms with Gasteiger partial charge in [0.15, 0.2) is 0 Å². The van der Waals surface area contributed by atoms with Crippen LogP contribution in [0.5, 0.6) is 0 Å². The molecule has 0 spiro atoms. The molecule has 1 aliphatic rings. The van der Waals surface area contributed by atoms with Gasteiger partial charge in [-0.25, -0.2) is 0 Å². The normalized spacial score (nSPS) is 15.2. The Hall–Kier alpha value is -1.02. The van der Waals surface area contributed by atoms with Gasteiger partial charge in [-0.1, -0.05) is 24.6 Å². The van der Waals surface area contributed by atoms with Crippen molar-refractivity contribution in [3.8, 4) is 0 Å². The second-order valence-corrected chi connectivity index (χ2v) is 4.75. The number of hydrogen-bond donors (Lipinski definition) is 1. The lowest BCUT2D eigenvalue weighted by atomic mass is 10.1. The minimum atomic E-state index is 0.781. The molecule has 0 saturated heterocycles. The lowest BCUT2D eigenvalue weighted by Gasteiger charge is -2.22. The number of rotatable bonds is 5. The van der Waals surface area contributed by atoms with E-state index < -0.39 is 0 Å². The third-order valence-electron chi connectivity index (χ3n) is 3.28. The van der Waals surface area contributed by atoms with Crippen LogP contribution in [0.2, 0.25) is 0 Å². The minimum Gasteiger partial charge on any atom is -0.371 e. The largest absolute Gasteiger partial charge is 0.371 e. The summed E-state index contributed by atoms with van der Waals surface area (Å²) in [4.78, 5) is 2.44. The summed E-state index contributed by atoms with van der Waals surface area (Å²) in [5.74, 6) is 0. The SMILES string of the molecule is CCNCc1cc(C)ccc1N(C)C1CC1. The fourth-order valence-electron chi connectivity index (χ4n) is 2.12. The zero-order valence-electron chi connectivity index (χ0n) is 10.6. The van der Waals surface area contributed by atoms with Crippen LogP contribution in [0, 0.1) is 6.92 Å². The summed E-state index contributed by atoms with van der Waals surface area (Å²) < 4.78 is 0. The smallest absolute Gasteiger partial charge is 0.0411 e. The minimum absolute atomic E-state index is 0.781. The maximum Gasteiger partial charge on any atom is 0.0411 e.